The minimum atomic E-state index is -0.414. The molecule has 0 bridgehead atoms. The van der Waals surface area contributed by atoms with Crippen LogP contribution in [0.3, 0.4) is 0 Å². The Labute approximate surface area is 99.3 Å². The zero-order valence-corrected chi connectivity index (χ0v) is 10.7. The first kappa shape index (κ1) is 15.8. The van der Waals surface area contributed by atoms with Crippen LogP contribution in [0.1, 0.15) is 33.1 Å². The Morgan fingerprint density at radius 1 is 1.12 bits per heavy atom. The molecule has 0 aliphatic rings. The summed E-state index contributed by atoms with van der Waals surface area (Å²) in [6.45, 7) is 7.98. The van der Waals surface area contributed by atoms with Crippen LogP contribution in [0.5, 0.6) is 0 Å². The monoisotopic (exact) mass is 233 g/mol. The maximum atomic E-state index is 9.53. The van der Waals surface area contributed by atoms with Gasteiger partial charge < -0.3 is 19.9 Å². The molecule has 0 aromatic heterocycles. The van der Waals surface area contributed by atoms with Crippen molar-refractivity contribution in [3.05, 3.63) is 0 Å². The summed E-state index contributed by atoms with van der Waals surface area (Å²) in [5, 5.41) is 12.7. The average molecular weight is 233 g/mol. The van der Waals surface area contributed by atoms with Gasteiger partial charge >= 0.3 is 0 Å². The fourth-order valence-electron chi connectivity index (χ4n) is 1.31. The molecule has 0 fully saturated rings. The molecule has 0 saturated carbocycles. The quantitative estimate of drug-likeness (QED) is 0.497. The van der Waals surface area contributed by atoms with Crippen LogP contribution in [0.15, 0.2) is 0 Å². The highest BCUT2D eigenvalue weighted by Crippen LogP contribution is 1.91. The fourth-order valence-corrected chi connectivity index (χ4v) is 1.31. The molecular weight excluding hydrogens is 206 g/mol. The molecule has 0 aliphatic carbocycles. The lowest BCUT2D eigenvalue weighted by Gasteiger charge is -2.12. The summed E-state index contributed by atoms with van der Waals surface area (Å²) >= 11 is 0. The van der Waals surface area contributed by atoms with Gasteiger partial charge in [0, 0.05) is 13.2 Å². The molecule has 0 heterocycles. The Morgan fingerprint density at radius 2 is 1.88 bits per heavy atom. The number of unbranched alkanes of at least 4 members (excludes halogenated alkanes) is 2. The molecule has 0 rings (SSSR count). The molecule has 4 nitrogen and oxygen atoms in total. The smallest absolute Gasteiger partial charge is 0.0897 e. The first-order valence-electron chi connectivity index (χ1n) is 6.35. The molecule has 1 atom stereocenters. The Kier molecular flexibility index (Phi) is 12.8. The minimum absolute atomic E-state index is 0.383. The highest BCUT2D eigenvalue weighted by molar-refractivity contribution is 4.58. The van der Waals surface area contributed by atoms with Crippen LogP contribution in [0.25, 0.3) is 0 Å². The van der Waals surface area contributed by atoms with Gasteiger partial charge in [0.2, 0.25) is 0 Å². The van der Waals surface area contributed by atoms with Crippen molar-refractivity contribution in [2.75, 3.05) is 39.5 Å². The van der Waals surface area contributed by atoms with E-state index in [1.807, 2.05) is 6.92 Å². The van der Waals surface area contributed by atoms with E-state index >= 15 is 0 Å². The SMILES string of the molecule is CCCCCNCC(O)COCCOCC. The van der Waals surface area contributed by atoms with E-state index in [1.165, 1.54) is 19.3 Å². The van der Waals surface area contributed by atoms with Crippen molar-refractivity contribution in [1.29, 1.82) is 0 Å². The molecule has 4 heteroatoms. The van der Waals surface area contributed by atoms with Crippen LogP contribution in [-0.2, 0) is 9.47 Å². The standard InChI is InChI=1S/C12H27NO3/c1-3-5-6-7-13-10-12(14)11-16-9-8-15-4-2/h12-14H,3-11H2,1-2H3. The minimum Gasteiger partial charge on any atom is -0.389 e. The van der Waals surface area contributed by atoms with Gasteiger partial charge in [0.05, 0.1) is 25.9 Å². The zero-order chi connectivity index (χ0) is 12.1. The van der Waals surface area contributed by atoms with E-state index in [-0.39, 0.29) is 0 Å². The average Bonchev–Trinajstić information content (AvgIpc) is 2.28. The molecule has 16 heavy (non-hydrogen) atoms. The lowest BCUT2D eigenvalue weighted by Crippen LogP contribution is -2.31. The first-order valence-corrected chi connectivity index (χ1v) is 6.35. The summed E-state index contributed by atoms with van der Waals surface area (Å²) in [6, 6.07) is 0. The van der Waals surface area contributed by atoms with Crippen molar-refractivity contribution in [3.63, 3.8) is 0 Å². The van der Waals surface area contributed by atoms with Crippen molar-refractivity contribution < 1.29 is 14.6 Å². The highest BCUT2D eigenvalue weighted by Gasteiger charge is 2.02. The van der Waals surface area contributed by atoms with Gasteiger partial charge in [-0.15, -0.1) is 0 Å². The van der Waals surface area contributed by atoms with Crippen LogP contribution >= 0.6 is 0 Å². The van der Waals surface area contributed by atoms with E-state index in [0.29, 0.717) is 33.0 Å². The molecular formula is C12H27NO3. The number of hydrogen-bond acceptors (Lipinski definition) is 4. The van der Waals surface area contributed by atoms with Crippen LogP contribution in [0, 0.1) is 0 Å². The molecule has 0 spiro atoms. The Morgan fingerprint density at radius 3 is 2.56 bits per heavy atom. The molecule has 0 amide bonds. The van der Waals surface area contributed by atoms with Gasteiger partial charge in [-0.25, -0.2) is 0 Å². The maximum Gasteiger partial charge on any atom is 0.0897 e. The van der Waals surface area contributed by atoms with E-state index < -0.39 is 6.10 Å². The number of nitrogens with one attached hydrogen (secondary N) is 1. The molecule has 1 unspecified atom stereocenters. The highest BCUT2D eigenvalue weighted by atomic mass is 16.5. The molecule has 0 aromatic carbocycles. The molecule has 0 aromatic rings. The number of aliphatic hydroxyl groups is 1. The third-order valence-electron chi connectivity index (χ3n) is 2.22. The summed E-state index contributed by atoms with van der Waals surface area (Å²) in [7, 11) is 0. The van der Waals surface area contributed by atoms with Crippen LogP contribution < -0.4 is 5.32 Å². The summed E-state index contributed by atoms with van der Waals surface area (Å²) in [5.74, 6) is 0. The van der Waals surface area contributed by atoms with E-state index in [1.54, 1.807) is 0 Å². The normalized spacial score (nSPS) is 12.9. The maximum absolute atomic E-state index is 9.53. The van der Waals surface area contributed by atoms with Crippen molar-refractivity contribution in [1.82, 2.24) is 5.32 Å². The Balaban J connectivity index is 3.09. The first-order chi connectivity index (χ1) is 7.81. The largest absolute Gasteiger partial charge is 0.389 e. The van der Waals surface area contributed by atoms with E-state index in [0.717, 1.165) is 6.54 Å². The number of rotatable bonds is 12. The van der Waals surface area contributed by atoms with E-state index in [4.69, 9.17) is 9.47 Å². The van der Waals surface area contributed by atoms with Crippen LogP contribution in [-0.4, -0.2) is 50.7 Å². The Hall–Kier alpha value is -0.160. The molecule has 0 aliphatic heterocycles. The molecule has 2 N–H and O–H groups in total. The van der Waals surface area contributed by atoms with Crippen LogP contribution in [0.2, 0.25) is 0 Å². The predicted octanol–water partition coefficient (Wildman–Crippen LogP) is 1.18. The second kappa shape index (κ2) is 12.9. The number of hydrogen-bond donors (Lipinski definition) is 2. The van der Waals surface area contributed by atoms with Gasteiger partial charge in [-0.05, 0) is 19.9 Å². The summed E-state index contributed by atoms with van der Waals surface area (Å²) in [6.07, 6.45) is 3.23. The summed E-state index contributed by atoms with van der Waals surface area (Å²) < 4.78 is 10.4. The van der Waals surface area contributed by atoms with Gasteiger partial charge in [0.15, 0.2) is 0 Å². The molecule has 0 saturated heterocycles. The lowest BCUT2D eigenvalue weighted by molar-refractivity contribution is 0.00655. The molecule has 0 radical (unpaired) electrons. The zero-order valence-electron chi connectivity index (χ0n) is 10.7. The molecule has 98 valence electrons. The third kappa shape index (κ3) is 11.9. The van der Waals surface area contributed by atoms with Gasteiger partial charge in [0.25, 0.3) is 0 Å². The summed E-state index contributed by atoms with van der Waals surface area (Å²) in [5.41, 5.74) is 0. The van der Waals surface area contributed by atoms with Crippen LogP contribution in [0.4, 0.5) is 0 Å². The predicted molar refractivity (Wildman–Crippen MR) is 65.7 cm³/mol. The van der Waals surface area contributed by atoms with Gasteiger partial charge in [-0.1, -0.05) is 19.8 Å². The summed E-state index contributed by atoms with van der Waals surface area (Å²) in [4.78, 5) is 0. The third-order valence-corrected chi connectivity index (χ3v) is 2.22. The topological polar surface area (TPSA) is 50.7 Å². The van der Waals surface area contributed by atoms with E-state index in [9.17, 15) is 5.11 Å². The van der Waals surface area contributed by atoms with Gasteiger partial charge in [-0.3, -0.25) is 0 Å². The number of aliphatic hydroxyl groups excluding tert-OH is 1. The van der Waals surface area contributed by atoms with Crippen molar-refractivity contribution in [2.24, 2.45) is 0 Å². The number of ether oxygens (including phenoxy) is 2. The fraction of sp³-hybridized carbons (Fsp3) is 1.00. The van der Waals surface area contributed by atoms with Gasteiger partial charge in [-0.2, -0.15) is 0 Å². The Bertz CT molecular complexity index is 119. The lowest BCUT2D eigenvalue weighted by atomic mass is 10.2. The second-order valence-corrected chi connectivity index (χ2v) is 3.84. The van der Waals surface area contributed by atoms with E-state index in [2.05, 4.69) is 12.2 Å². The van der Waals surface area contributed by atoms with Crippen molar-refractivity contribution >= 4 is 0 Å². The second-order valence-electron chi connectivity index (χ2n) is 3.84. The van der Waals surface area contributed by atoms with Crippen molar-refractivity contribution in [2.45, 2.75) is 39.2 Å². The van der Waals surface area contributed by atoms with Crippen molar-refractivity contribution in [3.8, 4) is 0 Å². The van der Waals surface area contributed by atoms with Gasteiger partial charge in [0.1, 0.15) is 0 Å².